The molecular weight excluding hydrogens is 428 g/mol. The molecule has 0 spiro atoms. The summed E-state index contributed by atoms with van der Waals surface area (Å²) in [4.78, 5) is 38.9. The molecule has 0 aromatic heterocycles. The molecule has 0 aliphatic carbocycles. The maximum absolute atomic E-state index is 12.7. The van der Waals surface area contributed by atoms with E-state index in [1.54, 1.807) is 36.4 Å². The van der Waals surface area contributed by atoms with Gasteiger partial charge >= 0.3 is 0 Å². The Kier molecular flexibility index (Phi) is 5.97. The average Bonchev–Trinajstić information content (AvgIpc) is 3.32. The van der Waals surface area contributed by atoms with E-state index in [9.17, 15) is 14.4 Å². The van der Waals surface area contributed by atoms with Gasteiger partial charge in [-0.25, -0.2) is 0 Å². The predicted octanol–water partition coefficient (Wildman–Crippen LogP) is 4.18. The van der Waals surface area contributed by atoms with Gasteiger partial charge in [-0.05, 0) is 58.6 Å². The first kappa shape index (κ1) is 22.0. The van der Waals surface area contributed by atoms with Crippen LogP contribution in [0.15, 0.2) is 47.4 Å². The van der Waals surface area contributed by atoms with Crippen LogP contribution in [0.2, 0.25) is 0 Å². The molecular formula is C24H24N2O5S. The highest BCUT2D eigenvalue weighted by Crippen LogP contribution is 2.36. The molecule has 0 atom stereocenters. The number of nitrogens with zero attached hydrogens (tertiary/aromatic N) is 1. The molecule has 1 fully saturated rings. The number of amides is 3. The molecule has 2 aliphatic rings. The minimum Gasteiger partial charge on any atom is -0.454 e. The fourth-order valence-electron chi connectivity index (χ4n) is 3.35. The molecule has 0 unspecified atom stereocenters. The number of carbonyl (C=O) groups is 3. The molecule has 2 aromatic carbocycles. The lowest BCUT2D eigenvalue weighted by Crippen LogP contribution is -2.37. The second kappa shape index (κ2) is 8.70. The van der Waals surface area contributed by atoms with E-state index in [1.165, 1.54) is 0 Å². The third-order valence-electron chi connectivity index (χ3n) is 5.20. The highest BCUT2D eigenvalue weighted by molar-refractivity contribution is 8.18. The Balaban J connectivity index is 1.34. The lowest BCUT2D eigenvalue weighted by atomic mass is 9.87. The summed E-state index contributed by atoms with van der Waals surface area (Å²) in [5, 5.41) is 2.42. The standard InChI is InChI=1S/C24H24N2O5S/c1-24(2,3)17-7-5-16(6-8-17)21(27)25-10-11-26-22(28)20(32-23(26)29)13-15-4-9-18-19(12-15)31-14-30-18/h4-9,12-13H,10-11,14H2,1-3H3,(H,25,27)/b20-13+. The number of fused-ring (bicyclic) bond motifs is 1. The normalized spacial score (nSPS) is 16.7. The van der Waals surface area contributed by atoms with Crippen LogP contribution in [0.3, 0.4) is 0 Å². The van der Waals surface area contributed by atoms with Crippen LogP contribution < -0.4 is 14.8 Å². The van der Waals surface area contributed by atoms with E-state index in [0.29, 0.717) is 22.0 Å². The Labute approximate surface area is 190 Å². The zero-order valence-corrected chi connectivity index (χ0v) is 19.0. The summed E-state index contributed by atoms with van der Waals surface area (Å²) in [6.45, 7) is 6.78. The van der Waals surface area contributed by atoms with Gasteiger partial charge in [-0.1, -0.05) is 39.0 Å². The second-order valence-electron chi connectivity index (χ2n) is 8.53. The van der Waals surface area contributed by atoms with Crippen molar-refractivity contribution >= 4 is 34.9 Å². The summed E-state index contributed by atoms with van der Waals surface area (Å²) in [6.07, 6.45) is 1.65. The molecule has 1 saturated heterocycles. The van der Waals surface area contributed by atoms with Gasteiger partial charge < -0.3 is 14.8 Å². The van der Waals surface area contributed by atoms with Crippen LogP contribution in [0.4, 0.5) is 4.79 Å². The number of benzene rings is 2. The summed E-state index contributed by atoms with van der Waals surface area (Å²) in [5.41, 5.74) is 2.43. The number of imide groups is 1. The maximum Gasteiger partial charge on any atom is 0.293 e. The van der Waals surface area contributed by atoms with Crippen LogP contribution >= 0.6 is 11.8 Å². The molecule has 4 rings (SSSR count). The molecule has 3 amide bonds. The molecule has 2 heterocycles. The van der Waals surface area contributed by atoms with Crippen LogP contribution in [0.5, 0.6) is 11.5 Å². The zero-order chi connectivity index (χ0) is 22.9. The molecule has 32 heavy (non-hydrogen) atoms. The second-order valence-corrected chi connectivity index (χ2v) is 9.52. The predicted molar refractivity (Wildman–Crippen MR) is 123 cm³/mol. The molecule has 2 aromatic rings. The molecule has 166 valence electrons. The van der Waals surface area contributed by atoms with Crippen LogP contribution in [-0.2, 0) is 10.2 Å². The Hall–Kier alpha value is -3.26. The summed E-state index contributed by atoms with van der Waals surface area (Å²) in [6, 6.07) is 12.8. The van der Waals surface area contributed by atoms with Crippen molar-refractivity contribution < 1.29 is 23.9 Å². The van der Waals surface area contributed by atoms with E-state index in [0.717, 1.165) is 27.8 Å². The van der Waals surface area contributed by atoms with Crippen molar-refractivity contribution in [2.75, 3.05) is 19.9 Å². The van der Waals surface area contributed by atoms with Gasteiger partial charge in [0.2, 0.25) is 6.79 Å². The lowest BCUT2D eigenvalue weighted by molar-refractivity contribution is -0.122. The third-order valence-corrected chi connectivity index (χ3v) is 6.11. The van der Waals surface area contributed by atoms with Crippen LogP contribution in [0.1, 0.15) is 42.3 Å². The molecule has 8 heteroatoms. The van der Waals surface area contributed by atoms with E-state index < -0.39 is 0 Å². The number of rotatable bonds is 5. The number of hydrogen-bond acceptors (Lipinski definition) is 6. The van der Waals surface area contributed by atoms with E-state index in [-0.39, 0.29) is 42.4 Å². The molecule has 1 N–H and O–H groups in total. The van der Waals surface area contributed by atoms with Crippen LogP contribution in [0.25, 0.3) is 6.08 Å². The maximum atomic E-state index is 12.7. The van der Waals surface area contributed by atoms with Gasteiger partial charge in [0.25, 0.3) is 17.1 Å². The van der Waals surface area contributed by atoms with Crippen molar-refractivity contribution in [3.8, 4) is 11.5 Å². The average molecular weight is 453 g/mol. The van der Waals surface area contributed by atoms with Crippen molar-refractivity contribution in [2.24, 2.45) is 0 Å². The summed E-state index contributed by atoms with van der Waals surface area (Å²) in [5.74, 6) is 0.644. The number of ether oxygens (including phenoxy) is 2. The Morgan fingerprint density at radius 3 is 2.53 bits per heavy atom. The SMILES string of the molecule is CC(C)(C)c1ccc(C(=O)NCCN2C(=O)S/C(=C/c3ccc4c(c3)OCO4)C2=O)cc1. The molecule has 0 saturated carbocycles. The molecule has 0 bridgehead atoms. The summed E-state index contributed by atoms with van der Waals surface area (Å²) >= 11 is 0.883. The van der Waals surface area contributed by atoms with Gasteiger partial charge in [0.15, 0.2) is 11.5 Å². The topological polar surface area (TPSA) is 84.9 Å². The van der Waals surface area contributed by atoms with Crippen LogP contribution in [-0.4, -0.2) is 41.8 Å². The van der Waals surface area contributed by atoms with E-state index in [2.05, 4.69) is 26.1 Å². The number of thioether (sulfide) groups is 1. The van der Waals surface area contributed by atoms with Gasteiger partial charge in [-0.3, -0.25) is 19.3 Å². The van der Waals surface area contributed by atoms with E-state index in [1.807, 2.05) is 12.1 Å². The third kappa shape index (κ3) is 4.65. The molecule has 0 radical (unpaired) electrons. The number of nitrogens with one attached hydrogen (secondary N) is 1. The van der Waals surface area contributed by atoms with Gasteiger partial charge in [0, 0.05) is 18.7 Å². The van der Waals surface area contributed by atoms with E-state index in [4.69, 9.17) is 9.47 Å². The lowest BCUT2D eigenvalue weighted by Gasteiger charge is -2.19. The minimum absolute atomic E-state index is 0.00890. The van der Waals surface area contributed by atoms with Gasteiger partial charge in [0.05, 0.1) is 4.91 Å². The quantitative estimate of drug-likeness (QED) is 0.685. The largest absolute Gasteiger partial charge is 0.454 e. The first-order valence-corrected chi connectivity index (χ1v) is 11.1. The summed E-state index contributed by atoms with van der Waals surface area (Å²) < 4.78 is 10.6. The van der Waals surface area contributed by atoms with Crippen molar-refractivity contribution in [2.45, 2.75) is 26.2 Å². The van der Waals surface area contributed by atoms with Crippen molar-refractivity contribution in [1.82, 2.24) is 10.2 Å². The first-order chi connectivity index (χ1) is 15.2. The monoisotopic (exact) mass is 452 g/mol. The van der Waals surface area contributed by atoms with Crippen molar-refractivity contribution in [1.29, 1.82) is 0 Å². The first-order valence-electron chi connectivity index (χ1n) is 10.3. The number of hydrogen-bond donors (Lipinski definition) is 1. The number of carbonyl (C=O) groups excluding carboxylic acids is 3. The van der Waals surface area contributed by atoms with Gasteiger partial charge in [0.1, 0.15) is 0 Å². The smallest absolute Gasteiger partial charge is 0.293 e. The van der Waals surface area contributed by atoms with Gasteiger partial charge in [-0.15, -0.1) is 0 Å². The minimum atomic E-state index is -0.374. The van der Waals surface area contributed by atoms with Crippen molar-refractivity contribution in [3.63, 3.8) is 0 Å². The molecule has 7 nitrogen and oxygen atoms in total. The van der Waals surface area contributed by atoms with Crippen LogP contribution in [0, 0.1) is 0 Å². The Morgan fingerprint density at radius 2 is 1.81 bits per heavy atom. The van der Waals surface area contributed by atoms with Crippen molar-refractivity contribution in [3.05, 3.63) is 64.1 Å². The summed E-state index contributed by atoms with van der Waals surface area (Å²) in [7, 11) is 0. The fourth-order valence-corrected chi connectivity index (χ4v) is 4.22. The zero-order valence-electron chi connectivity index (χ0n) is 18.1. The molecule has 2 aliphatic heterocycles. The fraction of sp³-hybridized carbons (Fsp3) is 0.292. The highest BCUT2D eigenvalue weighted by Gasteiger charge is 2.34. The Bertz CT molecular complexity index is 1100. The van der Waals surface area contributed by atoms with Gasteiger partial charge in [-0.2, -0.15) is 0 Å². The highest BCUT2D eigenvalue weighted by atomic mass is 32.2. The Morgan fingerprint density at radius 1 is 1.09 bits per heavy atom. The van der Waals surface area contributed by atoms with E-state index >= 15 is 0 Å².